The van der Waals surface area contributed by atoms with Gasteiger partial charge in [0, 0.05) is 0 Å². The van der Waals surface area contributed by atoms with Crippen LogP contribution in [0.4, 0.5) is 5.95 Å². The number of aromatic amines is 1. The Morgan fingerprint density at radius 3 is 2.83 bits per heavy atom. The van der Waals surface area contributed by atoms with Crippen molar-refractivity contribution in [2.75, 3.05) is 5.73 Å². The number of nitrogens with one attached hydrogen (secondary N) is 1. The number of nitrogens with two attached hydrogens (primary N) is 1. The molecule has 1 aliphatic heterocycles. The number of fused-ring (bicyclic) bond motifs is 1. The highest BCUT2D eigenvalue weighted by molar-refractivity contribution is 8.30. The molecule has 0 atom stereocenters. The quantitative estimate of drug-likeness (QED) is 0.482. The van der Waals surface area contributed by atoms with E-state index in [0.29, 0.717) is 9.92 Å². The minimum atomic E-state index is -0.153. The lowest BCUT2D eigenvalue weighted by Gasteiger charge is -1.95. The maximum absolute atomic E-state index is 11.8. The molecule has 2 aromatic heterocycles. The normalized spacial score (nSPS) is 13.6. The number of aryl methyl sites for hydroxylation is 2. The van der Waals surface area contributed by atoms with Gasteiger partial charge < -0.3 is 5.73 Å². The van der Waals surface area contributed by atoms with E-state index in [2.05, 4.69) is 23.8 Å². The average Bonchev–Trinajstić information content (AvgIpc) is 2.84. The third-order valence-corrected chi connectivity index (χ3v) is 8.03. The number of nitrogen functional groups attached to an aromatic ring is 1. The largest absolute Gasteiger partial charge is 0.369 e. The predicted molar refractivity (Wildman–Crippen MR) is 81.2 cm³/mol. The molecule has 0 saturated heterocycles. The molecule has 0 fully saturated rings. The van der Waals surface area contributed by atoms with Crippen molar-refractivity contribution in [3.63, 3.8) is 0 Å². The fourth-order valence-electron chi connectivity index (χ4n) is 1.43. The summed E-state index contributed by atoms with van der Waals surface area (Å²) in [5.74, 6) is 0.176. The minimum Gasteiger partial charge on any atom is -0.369 e. The second-order valence-electron chi connectivity index (χ2n) is 3.68. The first-order chi connectivity index (χ1) is 8.54. The molecule has 2 aromatic rings. The van der Waals surface area contributed by atoms with Gasteiger partial charge in [0.05, 0.1) is 22.7 Å². The Bertz CT molecular complexity index is 712. The lowest BCUT2D eigenvalue weighted by molar-refractivity contribution is 0.945. The van der Waals surface area contributed by atoms with Crippen LogP contribution in [0.2, 0.25) is 0 Å². The lowest BCUT2D eigenvalue weighted by Crippen LogP contribution is -2.12. The van der Waals surface area contributed by atoms with Gasteiger partial charge >= 0.3 is 4.19 Å². The average molecular weight is 315 g/mol. The molecule has 0 aliphatic carbocycles. The zero-order chi connectivity index (χ0) is 12.9. The molecule has 0 spiro atoms. The van der Waals surface area contributed by atoms with Crippen LogP contribution in [0.15, 0.2) is 14.7 Å². The molecule has 0 saturated carbocycles. The fraction of sp³-hybridized carbons (Fsp3) is 0.200. The second-order valence-corrected chi connectivity index (χ2v) is 8.67. The van der Waals surface area contributed by atoms with Gasteiger partial charge in [-0.15, -0.1) is 11.4 Å². The van der Waals surface area contributed by atoms with E-state index in [1.165, 1.54) is 37.1 Å². The van der Waals surface area contributed by atoms with Crippen molar-refractivity contribution >= 4 is 55.9 Å². The lowest BCUT2D eigenvalue weighted by atomic mass is 10.5. The Morgan fingerprint density at radius 1 is 1.39 bits per heavy atom. The number of hydrogen-bond acceptors (Lipinski definition) is 5. The second kappa shape index (κ2) is 4.37. The van der Waals surface area contributed by atoms with E-state index in [0.717, 1.165) is 4.20 Å². The fourth-order valence-corrected chi connectivity index (χ4v) is 6.64. The van der Waals surface area contributed by atoms with E-state index in [-0.39, 0.29) is 11.5 Å². The van der Waals surface area contributed by atoms with E-state index in [1.54, 1.807) is 22.7 Å². The standard InChI is InChI=1S/C10H8N3OS4/c1-3-4(2)16-8(15-3)9-17-5-6(14)12-10(11)13-7(5)18-9/h1-2H3,(H2-,11,12,13,14)/p+1. The SMILES string of the molecule is Cc1sc(C2=[S]c3c(nc(N)[nH]c3=O)S2)[s+]c1C. The van der Waals surface area contributed by atoms with Crippen molar-refractivity contribution in [1.29, 1.82) is 0 Å². The van der Waals surface area contributed by atoms with Gasteiger partial charge in [0.25, 0.3) is 5.56 Å². The van der Waals surface area contributed by atoms with E-state index in [9.17, 15) is 4.79 Å². The van der Waals surface area contributed by atoms with Gasteiger partial charge in [0.2, 0.25) is 5.95 Å². The molecule has 18 heavy (non-hydrogen) atoms. The van der Waals surface area contributed by atoms with Crippen LogP contribution >= 0.6 is 45.8 Å². The molecule has 0 aromatic carbocycles. The molecule has 3 N–H and O–H groups in total. The first-order valence-electron chi connectivity index (χ1n) is 5.07. The molecule has 3 rings (SSSR count). The van der Waals surface area contributed by atoms with Gasteiger partial charge in [0.15, 0.2) is 0 Å². The highest BCUT2D eigenvalue weighted by atomic mass is 32.2. The third-order valence-electron chi connectivity index (χ3n) is 2.40. The Balaban J connectivity index is 2.08. The molecule has 93 valence electrons. The number of H-pyrrole nitrogens is 1. The summed E-state index contributed by atoms with van der Waals surface area (Å²) in [6.45, 7) is 4.22. The summed E-state index contributed by atoms with van der Waals surface area (Å²) in [6, 6.07) is 0. The van der Waals surface area contributed by atoms with E-state index in [1.807, 2.05) is 0 Å². The molecular weight excluding hydrogens is 306 g/mol. The van der Waals surface area contributed by atoms with Crippen molar-refractivity contribution in [3.8, 4) is 0 Å². The van der Waals surface area contributed by atoms with Gasteiger partial charge in [-0.25, -0.2) is 4.98 Å². The topological polar surface area (TPSA) is 71.8 Å². The number of hydrogen-bond donors (Lipinski definition) is 2. The Kier molecular flexibility index (Phi) is 2.97. The van der Waals surface area contributed by atoms with Crippen molar-refractivity contribution in [3.05, 3.63) is 24.3 Å². The molecule has 3 heterocycles. The zero-order valence-electron chi connectivity index (χ0n) is 9.57. The van der Waals surface area contributed by atoms with Crippen LogP contribution in [0.3, 0.4) is 0 Å². The number of aromatic nitrogens is 2. The Hall–Kier alpha value is -0.830. The summed E-state index contributed by atoms with van der Waals surface area (Å²) < 4.78 is 2.36. The summed E-state index contributed by atoms with van der Waals surface area (Å²) in [5.41, 5.74) is 5.40. The van der Waals surface area contributed by atoms with Crippen LogP contribution in [-0.4, -0.2) is 14.2 Å². The van der Waals surface area contributed by atoms with Crippen molar-refractivity contribution in [2.24, 2.45) is 0 Å². The Morgan fingerprint density at radius 2 is 2.17 bits per heavy atom. The predicted octanol–water partition coefficient (Wildman–Crippen LogP) is 2.75. The van der Waals surface area contributed by atoms with Crippen LogP contribution in [0.1, 0.15) is 13.9 Å². The minimum absolute atomic E-state index is 0.153. The van der Waals surface area contributed by atoms with E-state index < -0.39 is 0 Å². The van der Waals surface area contributed by atoms with Crippen molar-refractivity contribution in [1.82, 2.24) is 9.97 Å². The van der Waals surface area contributed by atoms with E-state index in [4.69, 9.17) is 5.73 Å². The number of rotatable bonds is 1. The van der Waals surface area contributed by atoms with Gasteiger partial charge in [0.1, 0.15) is 23.9 Å². The van der Waals surface area contributed by atoms with Crippen LogP contribution in [0.25, 0.3) is 0 Å². The monoisotopic (exact) mass is 315 g/mol. The van der Waals surface area contributed by atoms with Crippen molar-refractivity contribution < 1.29 is 0 Å². The molecule has 8 heteroatoms. The van der Waals surface area contributed by atoms with Crippen LogP contribution in [0, 0.1) is 13.8 Å². The maximum atomic E-state index is 11.8. The molecule has 1 radical (unpaired) electrons. The van der Waals surface area contributed by atoms with Gasteiger partial charge in [-0.05, 0) is 13.8 Å². The first kappa shape index (κ1) is 12.2. The number of nitrogens with zero attached hydrogens (tertiary/aromatic N) is 1. The molecular formula is C10H9N3OS4+. The summed E-state index contributed by atoms with van der Waals surface area (Å²) >= 11 is 6.54. The summed E-state index contributed by atoms with van der Waals surface area (Å²) in [6.07, 6.45) is 0. The molecule has 1 aliphatic rings. The van der Waals surface area contributed by atoms with Gasteiger partial charge in [-0.3, -0.25) is 9.78 Å². The Labute approximate surface area is 119 Å². The summed E-state index contributed by atoms with van der Waals surface area (Å²) in [4.78, 5) is 21.8. The number of anilines is 1. The van der Waals surface area contributed by atoms with Gasteiger partial charge in [-0.2, -0.15) is 0 Å². The van der Waals surface area contributed by atoms with Crippen LogP contribution in [-0.2, 0) is 0 Å². The molecule has 0 bridgehead atoms. The maximum Gasteiger partial charge on any atom is 0.302 e. The van der Waals surface area contributed by atoms with Crippen molar-refractivity contribution in [2.45, 2.75) is 23.8 Å². The summed E-state index contributed by atoms with van der Waals surface area (Å²) in [5, 5.41) is 0.715. The number of thioether (sulfide) groups is 1. The van der Waals surface area contributed by atoms with Gasteiger partial charge in [-0.1, -0.05) is 11.8 Å². The summed E-state index contributed by atoms with van der Waals surface area (Å²) in [7, 11) is 0. The smallest absolute Gasteiger partial charge is 0.302 e. The molecule has 4 nitrogen and oxygen atoms in total. The van der Waals surface area contributed by atoms with Crippen LogP contribution < -0.4 is 11.3 Å². The highest BCUT2D eigenvalue weighted by Crippen LogP contribution is 2.41. The first-order valence-corrected chi connectivity index (χ1v) is 8.34. The zero-order valence-corrected chi connectivity index (χ0v) is 12.8. The molecule has 0 unspecified atom stereocenters. The molecule has 0 amide bonds. The highest BCUT2D eigenvalue weighted by Gasteiger charge is 2.29. The van der Waals surface area contributed by atoms with Crippen LogP contribution in [0.5, 0.6) is 0 Å². The van der Waals surface area contributed by atoms with E-state index >= 15 is 0 Å². The third kappa shape index (κ3) is 1.99.